The second-order valence-electron chi connectivity index (χ2n) is 6.75. The first-order valence-corrected chi connectivity index (χ1v) is 8.53. The van der Waals surface area contributed by atoms with E-state index in [-0.39, 0.29) is 5.66 Å². The van der Waals surface area contributed by atoms with Crippen molar-refractivity contribution in [3.8, 4) is 0 Å². The van der Waals surface area contributed by atoms with Crippen molar-refractivity contribution in [1.82, 2.24) is 0 Å². The third kappa shape index (κ3) is 2.62. The van der Waals surface area contributed by atoms with Gasteiger partial charge in [0.2, 0.25) is 11.9 Å². The average molecular weight is 312 g/mol. The maximum atomic E-state index is 6.31. The number of nitrogens with zero attached hydrogens (tertiary/aromatic N) is 3. The van der Waals surface area contributed by atoms with Crippen LogP contribution in [-0.4, -0.2) is 23.6 Å². The van der Waals surface area contributed by atoms with E-state index < -0.39 is 0 Å². The SMILES string of the molecule is NC1=NC2(CCCCC2)N(c2ccccc2NC2CC2)C(N)=N1. The fourth-order valence-electron chi connectivity index (χ4n) is 3.71. The molecule has 0 atom stereocenters. The van der Waals surface area contributed by atoms with Gasteiger partial charge in [0.1, 0.15) is 5.66 Å². The summed E-state index contributed by atoms with van der Waals surface area (Å²) in [6.07, 6.45) is 7.90. The molecular weight excluding hydrogens is 288 g/mol. The fourth-order valence-corrected chi connectivity index (χ4v) is 3.71. The van der Waals surface area contributed by atoms with Crippen molar-refractivity contribution in [2.24, 2.45) is 21.5 Å². The van der Waals surface area contributed by atoms with Crippen LogP contribution in [-0.2, 0) is 0 Å². The lowest BCUT2D eigenvalue weighted by Gasteiger charge is -2.46. The van der Waals surface area contributed by atoms with Crippen LogP contribution in [0, 0.1) is 0 Å². The molecule has 4 rings (SSSR count). The molecule has 1 spiro atoms. The molecule has 0 aromatic heterocycles. The minimum atomic E-state index is -0.379. The van der Waals surface area contributed by atoms with Crippen LogP contribution in [0.5, 0.6) is 0 Å². The summed E-state index contributed by atoms with van der Waals surface area (Å²) in [4.78, 5) is 11.1. The minimum Gasteiger partial charge on any atom is -0.381 e. The molecule has 6 nitrogen and oxygen atoms in total. The Balaban J connectivity index is 1.77. The highest BCUT2D eigenvalue weighted by Crippen LogP contribution is 2.42. The van der Waals surface area contributed by atoms with Gasteiger partial charge in [-0.25, -0.2) is 4.99 Å². The van der Waals surface area contributed by atoms with Crippen molar-refractivity contribution in [1.29, 1.82) is 0 Å². The Morgan fingerprint density at radius 2 is 1.83 bits per heavy atom. The standard InChI is InChI=1S/C17H24N6/c18-15-21-16(19)23(17(22-15)10-4-1-5-11-17)14-7-3-2-6-13(14)20-12-8-9-12/h2-3,6-7,12,20H,1,4-5,8-11H2,(H4,18,19,21,22). The highest BCUT2D eigenvalue weighted by atomic mass is 15.4. The smallest absolute Gasteiger partial charge is 0.220 e. The van der Waals surface area contributed by atoms with E-state index >= 15 is 0 Å². The van der Waals surface area contributed by atoms with E-state index in [0.29, 0.717) is 18.0 Å². The van der Waals surface area contributed by atoms with E-state index in [2.05, 4.69) is 33.4 Å². The van der Waals surface area contributed by atoms with Crippen molar-refractivity contribution >= 4 is 23.3 Å². The van der Waals surface area contributed by atoms with Crippen molar-refractivity contribution in [3.63, 3.8) is 0 Å². The van der Waals surface area contributed by atoms with Crippen LogP contribution < -0.4 is 21.7 Å². The largest absolute Gasteiger partial charge is 0.381 e. The fraction of sp³-hybridized carbons (Fsp3) is 0.529. The van der Waals surface area contributed by atoms with Crippen molar-refractivity contribution < 1.29 is 0 Å². The van der Waals surface area contributed by atoms with Crippen LogP contribution in [0.15, 0.2) is 34.3 Å². The molecule has 1 aliphatic heterocycles. The molecule has 2 aliphatic carbocycles. The van der Waals surface area contributed by atoms with Crippen molar-refractivity contribution in [2.75, 3.05) is 10.2 Å². The second kappa shape index (κ2) is 5.44. The molecule has 23 heavy (non-hydrogen) atoms. The molecule has 1 aromatic carbocycles. The molecule has 0 saturated heterocycles. The Hall–Kier alpha value is -2.24. The second-order valence-corrected chi connectivity index (χ2v) is 6.75. The number of rotatable bonds is 3. The van der Waals surface area contributed by atoms with Crippen LogP contribution in [0.1, 0.15) is 44.9 Å². The van der Waals surface area contributed by atoms with Crippen molar-refractivity contribution in [2.45, 2.75) is 56.7 Å². The van der Waals surface area contributed by atoms with E-state index in [9.17, 15) is 0 Å². The molecule has 3 aliphatic rings. The minimum absolute atomic E-state index is 0.299. The Labute approximate surface area is 136 Å². The average Bonchev–Trinajstić information content (AvgIpc) is 3.33. The molecule has 0 amide bonds. The Bertz CT molecular complexity index is 655. The van der Waals surface area contributed by atoms with Gasteiger partial charge in [-0.05, 0) is 50.7 Å². The summed E-state index contributed by atoms with van der Waals surface area (Å²) in [5.74, 6) is 0.748. The highest BCUT2D eigenvalue weighted by molar-refractivity contribution is 6.07. The van der Waals surface area contributed by atoms with Gasteiger partial charge in [0.25, 0.3) is 0 Å². The third-order valence-corrected chi connectivity index (χ3v) is 4.93. The number of hydrogen-bond donors (Lipinski definition) is 3. The zero-order valence-corrected chi connectivity index (χ0v) is 13.3. The number of benzene rings is 1. The van der Waals surface area contributed by atoms with Gasteiger partial charge in [0, 0.05) is 6.04 Å². The maximum Gasteiger partial charge on any atom is 0.220 e. The molecule has 2 fully saturated rings. The highest BCUT2D eigenvalue weighted by Gasteiger charge is 2.43. The van der Waals surface area contributed by atoms with E-state index in [1.807, 2.05) is 6.07 Å². The number of para-hydroxylation sites is 2. The topological polar surface area (TPSA) is 92.0 Å². The van der Waals surface area contributed by atoms with Crippen LogP contribution in [0.2, 0.25) is 0 Å². The maximum absolute atomic E-state index is 6.31. The zero-order valence-electron chi connectivity index (χ0n) is 13.3. The predicted octanol–water partition coefficient (Wildman–Crippen LogP) is 2.37. The molecule has 1 heterocycles. The first-order valence-electron chi connectivity index (χ1n) is 8.53. The number of anilines is 2. The normalized spacial score (nSPS) is 23.4. The molecule has 6 heteroatoms. The summed E-state index contributed by atoms with van der Waals surface area (Å²) < 4.78 is 0. The van der Waals surface area contributed by atoms with Crippen LogP contribution in [0.4, 0.5) is 11.4 Å². The number of aliphatic imine (C=N–C) groups is 2. The van der Waals surface area contributed by atoms with Gasteiger partial charge >= 0.3 is 0 Å². The lowest BCUT2D eigenvalue weighted by atomic mass is 9.87. The zero-order chi connectivity index (χ0) is 15.9. The summed E-state index contributed by atoms with van der Waals surface area (Å²) in [6.45, 7) is 0. The Kier molecular flexibility index (Phi) is 3.39. The Morgan fingerprint density at radius 1 is 1.09 bits per heavy atom. The van der Waals surface area contributed by atoms with E-state index in [1.165, 1.54) is 19.3 Å². The van der Waals surface area contributed by atoms with E-state index in [0.717, 1.165) is 37.1 Å². The van der Waals surface area contributed by atoms with Crippen molar-refractivity contribution in [3.05, 3.63) is 24.3 Å². The lowest BCUT2D eigenvalue weighted by molar-refractivity contribution is 0.305. The molecule has 1 aromatic rings. The van der Waals surface area contributed by atoms with E-state index in [1.54, 1.807) is 0 Å². The summed E-state index contributed by atoms with van der Waals surface area (Å²) in [5.41, 5.74) is 14.0. The monoisotopic (exact) mass is 312 g/mol. The number of hydrogen-bond acceptors (Lipinski definition) is 6. The molecule has 0 radical (unpaired) electrons. The van der Waals surface area contributed by atoms with Gasteiger partial charge in [0.05, 0.1) is 11.4 Å². The number of nitrogens with two attached hydrogens (primary N) is 2. The molecule has 0 bridgehead atoms. The van der Waals surface area contributed by atoms with Gasteiger partial charge in [-0.2, -0.15) is 4.99 Å². The van der Waals surface area contributed by atoms with Gasteiger partial charge in [-0.3, -0.25) is 4.90 Å². The first-order chi connectivity index (χ1) is 11.2. The van der Waals surface area contributed by atoms with Crippen LogP contribution in [0.25, 0.3) is 0 Å². The van der Waals surface area contributed by atoms with E-state index in [4.69, 9.17) is 16.5 Å². The van der Waals surface area contributed by atoms with Crippen LogP contribution >= 0.6 is 0 Å². The van der Waals surface area contributed by atoms with Gasteiger partial charge < -0.3 is 16.8 Å². The number of nitrogens with one attached hydrogen (secondary N) is 1. The summed E-state index contributed by atoms with van der Waals surface area (Å²) in [7, 11) is 0. The molecular formula is C17H24N6. The molecule has 2 saturated carbocycles. The lowest BCUT2D eigenvalue weighted by Crippen LogP contribution is -2.58. The predicted molar refractivity (Wildman–Crippen MR) is 94.6 cm³/mol. The van der Waals surface area contributed by atoms with Gasteiger partial charge in [0.15, 0.2) is 0 Å². The van der Waals surface area contributed by atoms with Gasteiger partial charge in [-0.15, -0.1) is 0 Å². The summed E-state index contributed by atoms with van der Waals surface area (Å²) in [6, 6.07) is 8.88. The van der Waals surface area contributed by atoms with Gasteiger partial charge in [-0.1, -0.05) is 18.6 Å². The third-order valence-electron chi connectivity index (χ3n) is 4.93. The summed E-state index contributed by atoms with van der Waals surface area (Å²) in [5, 5.41) is 3.60. The number of guanidine groups is 2. The quantitative estimate of drug-likeness (QED) is 0.799. The molecule has 122 valence electrons. The molecule has 0 unspecified atom stereocenters. The molecule has 5 N–H and O–H groups in total. The Morgan fingerprint density at radius 3 is 2.57 bits per heavy atom. The van der Waals surface area contributed by atoms with Crippen LogP contribution in [0.3, 0.4) is 0 Å². The summed E-state index contributed by atoms with van der Waals surface area (Å²) >= 11 is 0. The first kappa shape index (κ1) is 14.4.